The molecular formula is C18H16ClF3N2O3S. The minimum Gasteiger partial charge on any atom is -0.324 e. The van der Waals surface area contributed by atoms with Crippen molar-refractivity contribution in [3.63, 3.8) is 0 Å². The Morgan fingerprint density at radius 3 is 2.39 bits per heavy atom. The van der Waals surface area contributed by atoms with Gasteiger partial charge in [0.2, 0.25) is 15.9 Å². The van der Waals surface area contributed by atoms with Crippen molar-refractivity contribution < 1.29 is 26.4 Å². The zero-order chi connectivity index (χ0) is 20.5. The van der Waals surface area contributed by atoms with Gasteiger partial charge in [-0.05, 0) is 49.2 Å². The maximum absolute atomic E-state index is 13.1. The fourth-order valence-electron chi connectivity index (χ4n) is 3.09. The number of hydrogen-bond donors (Lipinski definition) is 1. The molecule has 2 aromatic carbocycles. The zero-order valence-electron chi connectivity index (χ0n) is 14.4. The van der Waals surface area contributed by atoms with Crippen molar-refractivity contribution >= 4 is 33.2 Å². The molecule has 0 unspecified atom stereocenters. The van der Waals surface area contributed by atoms with E-state index in [9.17, 15) is 26.4 Å². The zero-order valence-corrected chi connectivity index (χ0v) is 16.0. The summed E-state index contributed by atoms with van der Waals surface area (Å²) in [5.74, 6) is -0.799. The number of nitrogens with zero attached hydrogens (tertiary/aromatic N) is 1. The lowest BCUT2D eigenvalue weighted by atomic mass is 10.1. The number of carbonyl (C=O) groups excluding carboxylic acids is 1. The number of rotatable bonds is 4. The number of carbonyl (C=O) groups is 1. The third-order valence-electron chi connectivity index (χ3n) is 4.42. The van der Waals surface area contributed by atoms with Gasteiger partial charge in [-0.15, -0.1) is 0 Å². The van der Waals surface area contributed by atoms with Gasteiger partial charge in [0, 0.05) is 11.6 Å². The summed E-state index contributed by atoms with van der Waals surface area (Å²) >= 11 is 5.78. The smallest absolute Gasteiger partial charge is 0.324 e. The molecule has 0 aliphatic carbocycles. The summed E-state index contributed by atoms with van der Waals surface area (Å²) in [5, 5.41) is 2.60. The molecule has 0 radical (unpaired) electrons. The van der Waals surface area contributed by atoms with Gasteiger partial charge >= 0.3 is 6.18 Å². The Bertz CT molecular complexity index is 978. The molecule has 1 saturated heterocycles. The summed E-state index contributed by atoms with van der Waals surface area (Å²) in [6.45, 7) is 0.101. The molecule has 150 valence electrons. The van der Waals surface area contributed by atoms with Crippen LogP contribution in [0, 0.1) is 0 Å². The van der Waals surface area contributed by atoms with Crippen molar-refractivity contribution in [2.24, 2.45) is 0 Å². The molecule has 1 atom stereocenters. The predicted molar refractivity (Wildman–Crippen MR) is 98.4 cm³/mol. The van der Waals surface area contributed by atoms with E-state index in [-0.39, 0.29) is 17.9 Å². The molecule has 1 aliphatic heterocycles. The molecule has 10 heteroatoms. The van der Waals surface area contributed by atoms with E-state index in [1.165, 1.54) is 36.4 Å². The van der Waals surface area contributed by atoms with Gasteiger partial charge in [-0.1, -0.05) is 23.7 Å². The van der Waals surface area contributed by atoms with Gasteiger partial charge in [0.05, 0.1) is 16.1 Å². The first-order valence-corrected chi connectivity index (χ1v) is 10.2. The fourth-order valence-corrected chi connectivity index (χ4v) is 4.87. The second kappa shape index (κ2) is 7.73. The number of hydrogen-bond acceptors (Lipinski definition) is 3. The van der Waals surface area contributed by atoms with Crippen molar-refractivity contribution in [2.75, 3.05) is 11.9 Å². The van der Waals surface area contributed by atoms with Gasteiger partial charge < -0.3 is 5.32 Å². The molecule has 3 rings (SSSR count). The Morgan fingerprint density at radius 2 is 1.75 bits per heavy atom. The Labute approximate surface area is 165 Å². The quantitative estimate of drug-likeness (QED) is 0.789. The molecular weight excluding hydrogens is 417 g/mol. The second-order valence-corrected chi connectivity index (χ2v) is 8.59. The third kappa shape index (κ3) is 4.16. The average molecular weight is 433 g/mol. The van der Waals surface area contributed by atoms with Gasteiger partial charge in [0.25, 0.3) is 0 Å². The van der Waals surface area contributed by atoms with Crippen LogP contribution in [0.5, 0.6) is 0 Å². The van der Waals surface area contributed by atoms with E-state index in [4.69, 9.17) is 11.6 Å². The van der Waals surface area contributed by atoms with E-state index in [0.29, 0.717) is 11.4 Å². The molecule has 1 heterocycles. The van der Waals surface area contributed by atoms with Crippen LogP contribution in [0.1, 0.15) is 18.4 Å². The minimum atomic E-state index is -4.64. The molecule has 0 aromatic heterocycles. The van der Waals surface area contributed by atoms with Gasteiger partial charge in [-0.3, -0.25) is 4.79 Å². The lowest BCUT2D eigenvalue weighted by Crippen LogP contribution is -2.43. The van der Waals surface area contributed by atoms with Gasteiger partial charge in [0.1, 0.15) is 6.04 Å². The Hall–Kier alpha value is -2.10. The topological polar surface area (TPSA) is 66.5 Å². The number of nitrogens with one attached hydrogen (secondary N) is 1. The van der Waals surface area contributed by atoms with Crippen molar-refractivity contribution in [3.8, 4) is 0 Å². The number of halogens is 4. The summed E-state index contributed by atoms with van der Waals surface area (Å²) in [4.78, 5) is 12.6. The first-order valence-electron chi connectivity index (χ1n) is 8.35. The maximum atomic E-state index is 13.1. The van der Waals surface area contributed by atoms with Crippen molar-refractivity contribution in [1.29, 1.82) is 0 Å². The minimum absolute atomic E-state index is 0.0349. The van der Waals surface area contributed by atoms with Crippen LogP contribution in [0.15, 0.2) is 53.4 Å². The monoisotopic (exact) mass is 432 g/mol. The van der Waals surface area contributed by atoms with E-state index >= 15 is 0 Å². The molecule has 1 N–H and O–H groups in total. The first-order chi connectivity index (χ1) is 13.1. The van der Waals surface area contributed by atoms with Crippen LogP contribution in [0.2, 0.25) is 5.02 Å². The Balaban J connectivity index is 1.86. The van der Waals surface area contributed by atoms with Crippen LogP contribution in [0.4, 0.5) is 18.9 Å². The summed E-state index contributed by atoms with van der Waals surface area (Å²) < 4.78 is 66.1. The molecule has 2 aromatic rings. The van der Waals surface area contributed by atoms with E-state index < -0.39 is 39.4 Å². The highest BCUT2D eigenvalue weighted by Crippen LogP contribution is 2.35. The van der Waals surface area contributed by atoms with Gasteiger partial charge in [-0.25, -0.2) is 8.42 Å². The molecule has 1 amide bonds. The highest BCUT2D eigenvalue weighted by molar-refractivity contribution is 7.89. The Morgan fingerprint density at radius 1 is 1.11 bits per heavy atom. The average Bonchev–Trinajstić information content (AvgIpc) is 3.12. The number of alkyl halides is 3. The molecule has 0 spiro atoms. The third-order valence-corrected chi connectivity index (χ3v) is 6.59. The number of para-hydroxylation sites is 1. The number of benzene rings is 2. The van der Waals surface area contributed by atoms with Crippen LogP contribution < -0.4 is 5.32 Å². The fraction of sp³-hybridized carbons (Fsp3) is 0.278. The summed E-state index contributed by atoms with van der Waals surface area (Å²) in [6, 6.07) is 8.95. The second-order valence-electron chi connectivity index (χ2n) is 6.26. The molecule has 1 fully saturated rings. The van der Waals surface area contributed by atoms with Crippen LogP contribution in [0.3, 0.4) is 0 Å². The molecule has 28 heavy (non-hydrogen) atoms. The van der Waals surface area contributed by atoms with E-state index in [1.54, 1.807) is 0 Å². The standard InChI is InChI=1S/C18H16ClF3N2O3S/c19-12-7-9-13(10-8-12)28(26,27)24-11-3-6-16(24)17(25)23-15-5-2-1-4-14(15)18(20,21)22/h1-2,4-5,7-10,16H,3,6,11H2,(H,23,25)/t16-/m0/s1. The van der Waals surface area contributed by atoms with Crippen molar-refractivity contribution in [1.82, 2.24) is 4.31 Å². The predicted octanol–water partition coefficient (Wildman–Crippen LogP) is 4.15. The van der Waals surface area contributed by atoms with Crippen molar-refractivity contribution in [2.45, 2.75) is 30.0 Å². The summed E-state index contributed by atoms with van der Waals surface area (Å²) in [5.41, 5.74) is -1.40. The Kier molecular flexibility index (Phi) is 5.69. The van der Waals surface area contributed by atoms with Gasteiger partial charge in [0.15, 0.2) is 0 Å². The maximum Gasteiger partial charge on any atom is 0.418 e. The highest BCUT2D eigenvalue weighted by atomic mass is 35.5. The largest absolute Gasteiger partial charge is 0.418 e. The molecule has 5 nitrogen and oxygen atoms in total. The first kappa shape index (κ1) is 20.6. The SMILES string of the molecule is O=C(Nc1ccccc1C(F)(F)F)[C@@H]1CCCN1S(=O)(=O)c1ccc(Cl)cc1. The van der Waals surface area contributed by atoms with Crippen LogP contribution >= 0.6 is 11.6 Å². The van der Waals surface area contributed by atoms with Crippen molar-refractivity contribution in [3.05, 3.63) is 59.1 Å². The van der Waals surface area contributed by atoms with Crippen LogP contribution in [-0.2, 0) is 21.0 Å². The summed E-state index contributed by atoms with van der Waals surface area (Å²) in [7, 11) is -3.99. The van der Waals surface area contributed by atoms with E-state index in [1.807, 2.05) is 0 Å². The van der Waals surface area contributed by atoms with E-state index in [2.05, 4.69) is 5.32 Å². The summed E-state index contributed by atoms with van der Waals surface area (Å²) in [6.07, 6.45) is -4.01. The highest BCUT2D eigenvalue weighted by Gasteiger charge is 2.40. The number of amides is 1. The number of sulfonamides is 1. The number of anilines is 1. The normalized spacial score (nSPS) is 18.2. The van der Waals surface area contributed by atoms with Gasteiger partial charge in [-0.2, -0.15) is 17.5 Å². The molecule has 0 bridgehead atoms. The molecule has 0 saturated carbocycles. The molecule has 1 aliphatic rings. The van der Waals surface area contributed by atoms with E-state index in [0.717, 1.165) is 16.4 Å². The lowest BCUT2D eigenvalue weighted by Gasteiger charge is -2.24. The lowest BCUT2D eigenvalue weighted by molar-refractivity contribution is -0.137. The van der Waals surface area contributed by atoms with Crippen LogP contribution in [-0.4, -0.2) is 31.2 Å². The van der Waals surface area contributed by atoms with Crippen LogP contribution in [0.25, 0.3) is 0 Å².